The van der Waals surface area contributed by atoms with Gasteiger partial charge in [0.2, 0.25) is 11.6 Å². The maximum Gasteiger partial charge on any atom is 0.252 e. The van der Waals surface area contributed by atoms with E-state index in [9.17, 15) is 0 Å². The Morgan fingerprint density at radius 1 is 1.18 bits per heavy atom. The fourth-order valence-electron chi connectivity index (χ4n) is 1.87. The van der Waals surface area contributed by atoms with Gasteiger partial charge in [0.1, 0.15) is 6.07 Å². The Morgan fingerprint density at radius 3 is 2.41 bits per heavy atom. The summed E-state index contributed by atoms with van der Waals surface area (Å²) in [5, 5.41) is 13.2. The Morgan fingerprint density at radius 2 is 1.86 bits per heavy atom. The molecule has 0 spiro atoms. The highest BCUT2D eigenvalue weighted by molar-refractivity contribution is 5.80. The van der Waals surface area contributed by atoms with Crippen LogP contribution in [0.15, 0.2) is 33.8 Å². The first kappa shape index (κ1) is 15.8. The Labute approximate surface area is 130 Å². The predicted molar refractivity (Wildman–Crippen MR) is 87.1 cm³/mol. The lowest BCUT2D eigenvalue weighted by atomic mass is 10.0. The van der Waals surface area contributed by atoms with Crippen LogP contribution in [0.3, 0.4) is 0 Å². The van der Waals surface area contributed by atoms with Crippen LogP contribution in [0.5, 0.6) is 0 Å². The summed E-state index contributed by atoms with van der Waals surface area (Å²) in [6.45, 7) is 8.22. The van der Waals surface area contributed by atoms with Crippen molar-refractivity contribution < 1.29 is 4.42 Å². The van der Waals surface area contributed by atoms with E-state index in [2.05, 4.69) is 41.5 Å². The molecule has 1 heterocycles. The van der Waals surface area contributed by atoms with Gasteiger partial charge in [-0.3, -0.25) is 0 Å². The lowest BCUT2D eigenvalue weighted by Crippen LogP contribution is -1.92. The van der Waals surface area contributed by atoms with Gasteiger partial charge in [-0.15, -0.1) is 0 Å². The number of oxazole rings is 1. The van der Waals surface area contributed by atoms with E-state index >= 15 is 0 Å². The quantitative estimate of drug-likeness (QED) is 0.661. The Kier molecular flexibility index (Phi) is 4.95. The normalized spacial score (nSPS) is 11.3. The number of benzene rings is 1. The molecule has 2 aromatic rings. The van der Waals surface area contributed by atoms with Crippen molar-refractivity contribution in [3.8, 4) is 6.07 Å². The molecule has 0 bridgehead atoms. The van der Waals surface area contributed by atoms with Crippen molar-refractivity contribution in [3.63, 3.8) is 0 Å². The SMILES string of the molecule is CC(C)c1ccc(/C=N\Nc2oc(C(C)C)nc2C#N)cc1. The molecule has 5 nitrogen and oxygen atoms in total. The van der Waals surface area contributed by atoms with Crippen LogP contribution in [-0.2, 0) is 0 Å². The third kappa shape index (κ3) is 3.73. The Balaban J connectivity index is 2.07. The molecule has 1 N–H and O–H groups in total. The third-order valence-electron chi connectivity index (χ3n) is 3.23. The largest absolute Gasteiger partial charge is 0.422 e. The molecule has 0 fully saturated rings. The smallest absolute Gasteiger partial charge is 0.252 e. The van der Waals surface area contributed by atoms with Gasteiger partial charge in [-0.1, -0.05) is 52.0 Å². The first-order valence-electron chi connectivity index (χ1n) is 7.31. The summed E-state index contributed by atoms with van der Waals surface area (Å²) in [7, 11) is 0. The van der Waals surface area contributed by atoms with Crippen LogP contribution in [0.25, 0.3) is 0 Å². The van der Waals surface area contributed by atoms with E-state index in [0.29, 0.717) is 11.8 Å². The van der Waals surface area contributed by atoms with Gasteiger partial charge >= 0.3 is 0 Å². The average molecular weight is 296 g/mol. The van der Waals surface area contributed by atoms with E-state index in [1.165, 1.54) is 5.56 Å². The molecular formula is C17H20N4O. The molecule has 2 rings (SSSR count). The Bertz CT molecular complexity index is 690. The number of hydrogen-bond donors (Lipinski definition) is 1. The molecule has 22 heavy (non-hydrogen) atoms. The number of hydrogen-bond acceptors (Lipinski definition) is 5. The minimum Gasteiger partial charge on any atom is -0.422 e. The van der Waals surface area contributed by atoms with E-state index in [1.807, 2.05) is 32.0 Å². The van der Waals surface area contributed by atoms with Crippen LogP contribution in [-0.4, -0.2) is 11.2 Å². The van der Waals surface area contributed by atoms with Crippen molar-refractivity contribution in [1.29, 1.82) is 5.26 Å². The standard InChI is InChI=1S/C17H20N4O/c1-11(2)14-7-5-13(6-8-14)10-19-21-17-15(9-18)20-16(22-17)12(3)4/h5-8,10-12,21H,1-4H3/b19-10-. The molecule has 0 aliphatic heterocycles. The van der Waals surface area contributed by atoms with Crippen LogP contribution >= 0.6 is 0 Å². The van der Waals surface area contributed by atoms with E-state index in [0.717, 1.165) is 5.56 Å². The molecule has 0 radical (unpaired) electrons. The van der Waals surface area contributed by atoms with Crippen LogP contribution in [0, 0.1) is 11.3 Å². The molecule has 0 amide bonds. The third-order valence-corrected chi connectivity index (χ3v) is 3.23. The minimum absolute atomic E-state index is 0.121. The summed E-state index contributed by atoms with van der Waals surface area (Å²) in [6, 6.07) is 10.2. The summed E-state index contributed by atoms with van der Waals surface area (Å²) in [6.07, 6.45) is 1.68. The lowest BCUT2D eigenvalue weighted by molar-refractivity contribution is 0.481. The number of nitrogens with one attached hydrogen (secondary N) is 1. The van der Waals surface area contributed by atoms with Gasteiger partial charge in [0, 0.05) is 5.92 Å². The predicted octanol–water partition coefficient (Wildman–Crippen LogP) is 4.24. The number of anilines is 1. The van der Waals surface area contributed by atoms with Crippen LogP contribution in [0.1, 0.15) is 62.2 Å². The van der Waals surface area contributed by atoms with Gasteiger partial charge in [-0.25, -0.2) is 10.4 Å². The molecule has 0 aliphatic carbocycles. The molecule has 0 saturated heterocycles. The molecule has 0 aliphatic rings. The highest BCUT2D eigenvalue weighted by Gasteiger charge is 2.14. The molecule has 0 saturated carbocycles. The highest BCUT2D eigenvalue weighted by atomic mass is 16.4. The van der Waals surface area contributed by atoms with Crippen molar-refractivity contribution in [2.75, 3.05) is 5.43 Å². The zero-order chi connectivity index (χ0) is 16.1. The first-order chi connectivity index (χ1) is 10.5. The maximum absolute atomic E-state index is 9.05. The van der Waals surface area contributed by atoms with Crippen molar-refractivity contribution in [3.05, 3.63) is 47.0 Å². The van der Waals surface area contributed by atoms with Crippen molar-refractivity contribution in [1.82, 2.24) is 4.98 Å². The average Bonchev–Trinajstić information content (AvgIpc) is 2.91. The van der Waals surface area contributed by atoms with Gasteiger partial charge in [-0.05, 0) is 17.0 Å². The molecule has 5 heteroatoms. The number of aromatic nitrogens is 1. The second kappa shape index (κ2) is 6.90. The van der Waals surface area contributed by atoms with Crippen molar-refractivity contribution >= 4 is 12.1 Å². The Hall–Kier alpha value is -2.61. The van der Waals surface area contributed by atoms with Gasteiger partial charge < -0.3 is 4.42 Å². The molecule has 1 aromatic heterocycles. The maximum atomic E-state index is 9.05. The molecule has 114 valence electrons. The highest BCUT2D eigenvalue weighted by Crippen LogP contribution is 2.22. The molecule has 0 atom stereocenters. The summed E-state index contributed by atoms with van der Waals surface area (Å²) in [4.78, 5) is 4.12. The second-order valence-electron chi connectivity index (χ2n) is 5.69. The topological polar surface area (TPSA) is 74.2 Å². The van der Waals surface area contributed by atoms with Crippen LogP contribution in [0.2, 0.25) is 0 Å². The molecule has 0 unspecified atom stereocenters. The fraction of sp³-hybridized carbons (Fsp3) is 0.353. The summed E-state index contributed by atoms with van der Waals surface area (Å²) < 4.78 is 5.50. The van der Waals surface area contributed by atoms with E-state index in [4.69, 9.17) is 9.68 Å². The van der Waals surface area contributed by atoms with Gasteiger partial charge in [0.05, 0.1) is 6.21 Å². The summed E-state index contributed by atoms with van der Waals surface area (Å²) >= 11 is 0. The number of nitriles is 1. The van der Waals surface area contributed by atoms with E-state index < -0.39 is 0 Å². The summed E-state index contributed by atoms with van der Waals surface area (Å²) in [5.41, 5.74) is 5.22. The summed E-state index contributed by atoms with van der Waals surface area (Å²) in [5.74, 6) is 1.43. The minimum atomic E-state index is 0.121. The fourth-order valence-corrected chi connectivity index (χ4v) is 1.87. The lowest BCUT2D eigenvalue weighted by Gasteiger charge is -2.04. The first-order valence-corrected chi connectivity index (χ1v) is 7.31. The van der Waals surface area contributed by atoms with Crippen LogP contribution in [0.4, 0.5) is 5.88 Å². The van der Waals surface area contributed by atoms with E-state index in [-0.39, 0.29) is 17.5 Å². The van der Waals surface area contributed by atoms with E-state index in [1.54, 1.807) is 6.21 Å². The number of nitrogens with zero attached hydrogens (tertiary/aromatic N) is 3. The van der Waals surface area contributed by atoms with Crippen LogP contribution < -0.4 is 5.43 Å². The molecule has 1 aromatic carbocycles. The van der Waals surface area contributed by atoms with Gasteiger partial charge in [0.15, 0.2) is 0 Å². The van der Waals surface area contributed by atoms with Gasteiger partial charge in [0.25, 0.3) is 5.88 Å². The zero-order valence-corrected chi connectivity index (χ0v) is 13.3. The second-order valence-corrected chi connectivity index (χ2v) is 5.69. The van der Waals surface area contributed by atoms with Crippen molar-refractivity contribution in [2.24, 2.45) is 5.10 Å². The molecular weight excluding hydrogens is 276 g/mol. The monoisotopic (exact) mass is 296 g/mol. The number of rotatable bonds is 5. The zero-order valence-electron chi connectivity index (χ0n) is 13.3. The van der Waals surface area contributed by atoms with Gasteiger partial charge in [-0.2, -0.15) is 10.4 Å². The number of hydrazone groups is 1. The van der Waals surface area contributed by atoms with Crippen molar-refractivity contribution in [2.45, 2.75) is 39.5 Å².